The van der Waals surface area contributed by atoms with E-state index in [9.17, 15) is 10.1 Å². The van der Waals surface area contributed by atoms with E-state index in [1.807, 2.05) is 0 Å². The lowest BCUT2D eigenvalue weighted by Crippen LogP contribution is -1.89. The third kappa shape index (κ3) is 1.96. The molecule has 74 valence electrons. The van der Waals surface area contributed by atoms with Crippen molar-refractivity contribution in [1.82, 2.24) is 10.2 Å². The third-order valence-corrected chi connectivity index (χ3v) is 1.93. The Hall–Kier alpha value is -2.30. The van der Waals surface area contributed by atoms with Crippen molar-refractivity contribution in [3.05, 3.63) is 52.7 Å². The highest BCUT2D eigenvalue weighted by atomic mass is 16.6. The van der Waals surface area contributed by atoms with Crippen molar-refractivity contribution in [1.29, 1.82) is 0 Å². The zero-order valence-corrected chi connectivity index (χ0v) is 7.70. The van der Waals surface area contributed by atoms with Crippen molar-refractivity contribution in [2.45, 2.75) is 0 Å². The predicted octanol–water partition coefficient (Wildman–Crippen LogP) is 2.05. The fourth-order valence-corrected chi connectivity index (χ4v) is 1.23. The van der Waals surface area contributed by atoms with Gasteiger partial charge < -0.3 is 0 Å². The van der Waals surface area contributed by atoms with E-state index in [4.69, 9.17) is 0 Å². The molecule has 0 spiro atoms. The number of nitro groups is 1. The summed E-state index contributed by atoms with van der Waals surface area (Å²) in [7, 11) is 0. The van der Waals surface area contributed by atoms with Crippen LogP contribution in [0.25, 0.3) is 11.3 Å². The number of aromatic nitrogens is 2. The number of nitro benzene ring substituents is 1. The van der Waals surface area contributed by atoms with Crippen LogP contribution in [0.1, 0.15) is 0 Å². The molecule has 0 bridgehead atoms. The average Bonchev–Trinajstić information content (AvgIpc) is 2.30. The van der Waals surface area contributed by atoms with Crippen LogP contribution in [0.5, 0.6) is 0 Å². The first-order valence-corrected chi connectivity index (χ1v) is 4.30. The summed E-state index contributed by atoms with van der Waals surface area (Å²) in [6, 6.07) is 9.80. The third-order valence-electron chi connectivity index (χ3n) is 1.93. The lowest BCUT2D eigenvalue weighted by Gasteiger charge is -1.98. The second kappa shape index (κ2) is 3.83. The summed E-state index contributed by atoms with van der Waals surface area (Å²) in [5.41, 5.74) is 1.37. The van der Waals surface area contributed by atoms with Gasteiger partial charge in [0.2, 0.25) is 0 Å². The number of nitrogens with zero attached hydrogens (tertiary/aromatic N) is 3. The summed E-state index contributed by atoms with van der Waals surface area (Å²) in [6.45, 7) is 0. The van der Waals surface area contributed by atoms with E-state index in [-0.39, 0.29) is 5.69 Å². The fourth-order valence-electron chi connectivity index (χ4n) is 1.23. The van der Waals surface area contributed by atoms with Gasteiger partial charge in [-0.2, -0.15) is 10.2 Å². The van der Waals surface area contributed by atoms with Crippen LogP contribution in [-0.4, -0.2) is 15.1 Å². The zero-order valence-electron chi connectivity index (χ0n) is 7.70. The van der Waals surface area contributed by atoms with Crippen LogP contribution in [0, 0.1) is 10.1 Å². The van der Waals surface area contributed by atoms with Crippen molar-refractivity contribution in [2.75, 3.05) is 0 Å². The van der Waals surface area contributed by atoms with Crippen molar-refractivity contribution < 1.29 is 4.92 Å². The molecule has 1 heterocycles. The lowest BCUT2D eigenvalue weighted by atomic mass is 10.1. The Kier molecular flexibility index (Phi) is 2.37. The van der Waals surface area contributed by atoms with E-state index < -0.39 is 4.92 Å². The fraction of sp³-hybridized carbons (Fsp3) is 0. The SMILES string of the molecule is O=[N+]([O-])c1cccc(-c2cccnn2)c1. The van der Waals surface area contributed by atoms with Gasteiger partial charge in [0.25, 0.3) is 5.69 Å². The molecule has 0 saturated carbocycles. The maximum absolute atomic E-state index is 10.6. The Bertz CT molecular complexity index is 485. The van der Waals surface area contributed by atoms with Gasteiger partial charge in [-0.25, -0.2) is 0 Å². The maximum atomic E-state index is 10.6. The van der Waals surface area contributed by atoms with Gasteiger partial charge in [0.1, 0.15) is 0 Å². The number of rotatable bonds is 2. The zero-order chi connectivity index (χ0) is 10.7. The van der Waals surface area contributed by atoms with E-state index in [0.29, 0.717) is 11.3 Å². The number of hydrogen-bond acceptors (Lipinski definition) is 4. The Morgan fingerprint density at radius 1 is 1.20 bits per heavy atom. The molecule has 0 N–H and O–H groups in total. The topological polar surface area (TPSA) is 68.9 Å². The molecule has 0 aliphatic heterocycles. The van der Waals surface area contributed by atoms with Gasteiger partial charge in [0.15, 0.2) is 0 Å². The number of non-ortho nitro benzene ring substituents is 1. The Labute approximate surface area is 85.5 Å². The minimum atomic E-state index is -0.431. The van der Waals surface area contributed by atoms with E-state index in [2.05, 4.69) is 10.2 Å². The van der Waals surface area contributed by atoms with Crippen LogP contribution in [0.4, 0.5) is 5.69 Å². The molecule has 0 atom stereocenters. The van der Waals surface area contributed by atoms with Crippen LogP contribution in [0.2, 0.25) is 0 Å². The molecule has 2 rings (SSSR count). The molecule has 0 unspecified atom stereocenters. The molecule has 2 aromatic rings. The summed E-state index contributed by atoms with van der Waals surface area (Å²) >= 11 is 0. The molecule has 0 fully saturated rings. The highest BCUT2D eigenvalue weighted by molar-refractivity contribution is 5.61. The molecule has 0 aliphatic rings. The van der Waals surface area contributed by atoms with Gasteiger partial charge in [0, 0.05) is 23.9 Å². The molecule has 5 nitrogen and oxygen atoms in total. The van der Waals surface area contributed by atoms with Gasteiger partial charge in [-0.05, 0) is 12.1 Å². The van der Waals surface area contributed by atoms with Gasteiger partial charge >= 0.3 is 0 Å². The van der Waals surface area contributed by atoms with Gasteiger partial charge in [-0.15, -0.1) is 0 Å². The van der Waals surface area contributed by atoms with Gasteiger partial charge in [-0.1, -0.05) is 12.1 Å². The van der Waals surface area contributed by atoms with Crippen molar-refractivity contribution in [3.8, 4) is 11.3 Å². The van der Waals surface area contributed by atoms with E-state index >= 15 is 0 Å². The Morgan fingerprint density at radius 3 is 2.73 bits per heavy atom. The molecular weight excluding hydrogens is 194 g/mol. The number of hydrogen-bond donors (Lipinski definition) is 0. The first-order chi connectivity index (χ1) is 7.27. The van der Waals surface area contributed by atoms with Gasteiger partial charge in [-0.3, -0.25) is 10.1 Å². The average molecular weight is 201 g/mol. The normalized spacial score (nSPS) is 9.87. The van der Waals surface area contributed by atoms with Crippen LogP contribution < -0.4 is 0 Å². The summed E-state index contributed by atoms with van der Waals surface area (Å²) in [5, 5.41) is 18.1. The van der Waals surface area contributed by atoms with Gasteiger partial charge in [0.05, 0.1) is 10.6 Å². The summed E-state index contributed by atoms with van der Waals surface area (Å²) in [5.74, 6) is 0. The second-order valence-corrected chi connectivity index (χ2v) is 2.92. The summed E-state index contributed by atoms with van der Waals surface area (Å²) < 4.78 is 0. The van der Waals surface area contributed by atoms with Crippen LogP contribution >= 0.6 is 0 Å². The molecule has 0 amide bonds. The van der Waals surface area contributed by atoms with Crippen molar-refractivity contribution in [2.24, 2.45) is 0 Å². The molecule has 1 aromatic heterocycles. The lowest BCUT2D eigenvalue weighted by molar-refractivity contribution is -0.384. The predicted molar refractivity (Wildman–Crippen MR) is 54.1 cm³/mol. The molecule has 0 radical (unpaired) electrons. The van der Waals surface area contributed by atoms with Crippen molar-refractivity contribution >= 4 is 5.69 Å². The van der Waals surface area contributed by atoms with Crippen molar-refractivity contribution in [3.63, 3.8) is 0 Å². The standard InChI is InChI=1S/C10H7N3O2/c14-13(15)9-4-1-3-8(7-9)10-5-2-6-11-12-10/h1-7H. The van der Waals surface area contributed by atoms with Crippen LogP contribution in [0.3, 0.4) is 0 Å². The first-order valence-electron chi connectivity index (χ1n) is 4.30. The summed E-state index contributed by atoms with van der Waals surface area (Å²) in [4.78, 5) is 10.1. The second-order valence-electron chi connectivity index (χ2n) is 2.92. The molecular formula is C10H7N3O2. The van der Waals surface area contributed by atoms with E-state index in [0.717, 1.165) is 0 Å². The first kappa shape index (κ1) is 9.26. The minimum Gasteiger partial charge on any atom is -0.258 e. The molecule has 0 saturated heterocycles. The van der Waals surface area contributed by atoms with Crippen LogP contribution in [0.15, 0.2) is 42.6 Å². The van der Waals surface area contributed by atoms with E-state index in [1.165, 1.54) is 12.1 Å². The Morgan fingerprint density at radius 2 is 2.07 bits per heavy atom. The molecule has 0 aliphatic carbocycles. The summed E-state index contributed by atoms with van der Waals surface area (Å²) in [6.07, 6.45) is 1.56. The molecule has 15 heavy (non-hydrogen) atoms. The highest BCUT2D eigenvalue weighted by Gasteiger charge is 2.07. The largest absolute Gasteiger partial charge is 0.270 e. The molecule has 1 aromatic carbocycles. The quantitative estimate of drug-likeness (QED) is 0.550. The highest BCUT2D eigenvalue weighted by Crippen LogP contribution is 2.20. The maximum Gasteiger partial charge on any atom is 0.270 e. The van der Waals surface area contributed by atoms with Crippen LogP contribution in [-0.2, 0) is 0 Å². The smallest absolute Gasteiger partial charge is 0.258 e. The Balaban J connectivity index is 2.46. The minimum absolute atomic E-state index is 0.0538. The molecule has 5 heteroatoms. The number of benzene rings is 1. The monoisotopic (exact) mass is 201 g/mol. The van der Waals surface area contributed by atoms with E-state index in [1.54, 1.807) is 30.5 Å².